The normalized spacial score (nSPS) is 14.6. The molecule has 14 heavy (non-hydrogen) atoms. The fourth-order valence-corrected chi connectivity index (χ4v) is 2.80. The van der Waals surface area contributed by atoms with Gasteiger partial charge < -0.3 is 0 Å². The minimum Gasteiger partial charge on any atom is -0.212 e. The van der Waals surface area contributed by atoms with E-state index in [1.165, 1.54) is 4.31 Å². The minimum absolute atomic E-state index is 0.0796. The minimum atomic E-state index is -3.07. The highest BCUT2D eigenvalue weighted by Gasteiger charge is 2.21. The van der Waals surface area contributed by atoms with Crippen molar-refractivity contribution in [1.29, 1.82) is 0 Å². The van der Waals surface area contributed by atoms with Crippen LogP contribution in [-0.4, -0.2) is 37.4 Å². The van der Waals surface area contributed by atoms with Crippen molar-refractivity contribution in [1.82, 2.24) is 4.31 Å². The van der Waals surface area contributed by atoms with Gasteiger partial charge in [0.15, 0.2) is 0 Å². The quantitative estimate of drug-likeness (QED) is 0.506. The molecule has 0 aromatic carbocycles. The van der Waals surface area contributed by atoms with Crippen LogP contribution in [0.2, 0.25) is 0 Å². The maximum atomic E-state index is 11.7. The van der Waals surface area contributed by atoms with E-state index in [1.807, 2.05) is 13.8 Å². The van der Waals surface area contributed by atoms with Gasteiger partial charge in [-0.3, -0.25) is 0 Å². The summed E-state index contributed by atoms with van der Waals surface area (Å²) in [5, 5.41) is 0. The number of sulfonamides is 1. The molecule has 1 atom stereocenters. The van der Waals surface area contributed by atoms with Gasteiger partial charge in [-0.2, -0.15) is 0 Å². The highest BCUT2D eigenvalue weighted by Crippen LogP contribution is 2.09. The predicted molar refractivity (Wildman–Crippen MR) is 61.3 cm³/mol. The molecule has 0 aromatic heterocycles. The molecule has 0 bridgehead atoms. The van der Waals surface area contributed by atoms with Gasteiger partial charge in [0.2, 0.25) is 10.0 Å². The number of hydrogen-bond acceptors (Lipinski definition) is 2. The zero-order valence-electron chi connectivity index (χ0n) is 9.16. The number of halogens is 1. The lowest BCUT2D eigenvalue weighted by molar-refractivity contribution is 0.380. The molecule has 0 radical (unpaired) electrons. The molecule has 1 unspecified atom stereocenters. The summed E-state index contributed by atoms with van der Waals surface area (Å²) in [5.74, 6) is 0.739. The maximum Gasteiger partial charge on any atom is 0.214 e. The van der Waals surface area contributed by atoms with Gasteiger partial charge in [-0.05, 0) is 26.2 Å². The van der Waals surface area contributed by atoms with E-state index < -0.39 is 10.0 Å². The van der Waals surface area contributed by atoms with Crippen LogP contribution >= 0.6 is 11.6 Å². The smallest absolute Gasteiger partial charge is 0.212 e. The number of nitrogens with zero attached hydrogens (tertiary/aromatic N) is 1. The fourth-order valence-electron chi connectivity index (χ4n) is 1.05. The van der Waals surface area contributed by atoms with Gasteiger partial charge in [0.1, 0.15) is 0 Å². The van der Waals surface area contributed by atoms with Crippen molar-refractivity contribution in [3.63, 3.8) is 0 Å². The number of alkyl halides is 1. The summed E-state index contributed by atoms with van der Waals surface area (Å²) >= 11 is 5.49. The molecule has 0 aliphatic rings. The molecule has 0 aliphatic carbocycles. The van der Waals surface area contributed by atoms with Gasteiger partial charge >= 0.3 is 0 Å². The van der Waals surface area contributed by atoms with Crippen molar-refractivity contribution in [3.8, 4) is 0 Å². The highest BCUT2D eigenvalue weighted by atomic mass is 35.5. The maximum absolute atomic E-state index is 11.7. The van der Waals surface area contributed by atoms with Gasteiger partial charge in [-0.1, -0.05) is 6.92 Å². The molecule has 0 spiro atoms. The van der Waals surface area contributed by atoms with Crippen LogP contribution in [-0.2, 0) is 10.0 Å². The molecule has 86 valence electrons. The summed E-state index contributed by atoms with van der Waals surface area (Å²) in [6, 6.07) is 0.0796. The van der Waals surface area contributed by atoms with Crippen LogP contribution in [0.1, 0.15) is 33.1 Å². The van der Waals surface area contributed by atoms with E-state index in [1.54, 1.807) is 7.05 Å². The van der Waals surface area contributed by atoms with E-state index >= 15 is 0 Å². The van der Waals surface area contributed by atoms with E-state index in [-0.39, 0.29) is 11.8 Å². The largest absolute Gasteiger partial charge is 0.214 e. The lowest BCUT2D eigenvalue weighted by Gasteiger charge is -2.22. The van der Waals surface area contributed by atoms with Gasteiger partial charge in [0.05, 0.1) is 5.75 Å². The molecule has 3 nitrogen and oxygen atoms in total. The molecule has 0 aromatic rings. The second kappa shape index (κ2) is 6.64. The predicted octanol–water partition coefficient (Wildman–Crippen LogP) is 2.07. The first-order chi connectivity index (χ1) is 6.45. The van der Waals surface area contributed by atoms with Gasteiger partial charge in [-0.25, -0.2) is 12.7 Å². The van der Waals surface area contributed by atoms with Crippen LogP contribution < -0.4 is 0 Å². The van der Waals surface area contributed by atoms with Crippen LogP contribution in [0.3, 0.4) is 0 Å². The van der Waals surface area contributed by atoms with Crippen molar-refractivity contribution in [2.75, 3.05) is 18.7 Å². The van der Waals surface area contributed by atoms with Crippen LogP contribution in [0.15, 0.2) is 0 Å². The molecule has 0 aliphatic heterocycles. The van der Waals surface area contributed by atoms with Crippen LogP contribution in [0.4, 0.5) is 0 Å². The summed E-state index contributed by atoms with van der Waals surface area (Å²) in [6.07, 6.45) is 2.24. The molecular formula is C9H20ClNO2S. The topological polar surface area (TPSA) is 37.4 Å². The Bertz CT molecular complexity index is 241. The van der Waals surface area contributed by atoms with Crippen molar-refractivity contribution in [2.24, 2.45) is 0 Å². The third kappa shape index (κ3) is 4.62. The van der Waals surface area contributed by atoms with Crippen molar-refractivity contribution >= 4 is 21.6 Å². The standard InChI is InChI=1S/C9H20ClNO2S/c1-4-9(2)11(3)14(12,13)8-6-5-7-10/h9H,4-8H2,1-3H3. The third-order valence-corrected chi connectivity index (χ3v) is 4.75. The first kappa shape index (κ1) is 14.2. The monoisotopic (exact) mass is 241 g/mol. The van der Waals surface area contributed by atoms with Gasteiger partial charge in [-0.15, -0.1) is 11.6 Å². The van der Waals surface area contributed by atoms with Crippen LogP contribution in [0, 0.1) is 0 Å². The molecule has 0 saturated heterocycles. The average molecular weight is 242 g/mol. The molecular weight excluding hydrogens is 222 g/mol. The van der Waals surface area contributed by atoms with Gasteiger partial charge in [0.25, 0.3) is 0 Å². The lowest BCUT2D eigenvalue weighted by Crippen LogP contribution is -2.36. The summed E-state index contributed by atoms with van der Waals surface area (Å²) in [7, 11) is -1.43. The van der Waals surface area contributed by atoms with E-state index in [0.29, 0.717) is 12.3 Å². The van der Waals surface area contributed by atoms with Crippen LogP contribution in [0.25, 0.3) is 0 Å². The molecule has 0 heterocycles. The summed E-state index contributed by atoms with van der Waals surface area (Å²) in [6.45, 7) is 3.90. The molecule has 5 heteroatoms. The Morgan fingerprint density at radius 2 is 1.93 bits per heavy atom. The van der Waals surface area contributed by atoms with Crippen LogP contribution in [0.5, 0.6) is 0 Å². The summed E-state index contributed by atoms with van der Waals surface area (Å²) < 4.78 is 24.8. The fraction of sp³-hybridized carbons (Fsp3) is 1.00. The Balaban J connectivity index is 4.17. The lowest BCUT2D eigenvalue weighted by atomic mass is 10.3. The zero-order valence-corrected chi connectivity index (χ0v) is 10.7. The second-order valence-corrected chi connectivity index (χ2v) is 6.01. The van der Waals surface area contributed by atoms with E-state index in [0.717, 1.165) is 12.8 Å². The van der Waals surface area contributed by atoms with Crippen molar-refractivity contribution < 1.29 is 8.42 Å². The van der Waals surface area contributed by atoms with E-state index in [9.17, 15) is 8.42 Å². The Kier molecular flexibility index (Phi) is 6.74. The Morgan fingerprint density at radius 3 is 2.36 bits per heavy atom. The number of hydrogen-bond donors (Lipinski definition) is 0. The third-order valence-electron chi connectivity index (χ3n) is 2.44. The number of rotatable bonds is 7. The molecule has 0 fully saturated rings. The number of unbranched alkanes of at least 4 members (excludes halogenated alkanes) is 1. The molecule has 0 rings (SSSR count). The first-order valence-corrected chi connectivity index (χ1v) is 7.11. The Hall–Kier alpha value is 0.200. The molecule has 0 amide bonds. The van der Waals surface area contributed by atoms with E-state index in [2.05, 4.69) is 0 Å². The first-order valence-electron chi connectivity index (χ1n) is 4.97. The Labute approximate surface area is 92.5 Å². The second-order valence-electron chi connectivity index (χ2n) is 3.49. The SMILES string of the molecule is CCC(C)N(C)S(=O)(=O)CCCCCl. The van der Waals surface area contributed by atoms with E-state index in [4.69, 9.17) is 11.6 Å². The van der Waals surface area contributed by atoms with Crippen molar-refractivity contribution in [3.05, 3.63) is 0 Å². The zero-order chi connectivity index (χ0) is 11.2. The summed E-state index contributed by atoms with van der Waals surface area (Å²) in [4.78, 5) is 0. The molecule has 0 N–H and O–H groups in total. The summed E-state index contributed by atoms with van der Waals surface area (Å²) in [5.41, 5.74) is 0. The highest BCUT2D eigenvalue weighted by molar-refractivity contribution is 7.89. The van der Waals surface area contributed by atoms with Gasteiger partial charge in [0, 0.05) is 19.0 Å². The van der Waals surface area contributed by atoms with Crippen molar-refractivity contribution in [2.45, 2.75) is 39.2 Å². The Morgan fingerprint density at radius 1 is 1.36 bits per heavy atom. The molecule has 0 saturated carbocycles. The average Bonchev–Trinajstić information content (AvgIpc) is 2.15.